The Balaban J connectivity index is 1.79. The van der Waals surface area contributed by atoms with Crippen molar-refractivity contribution in [3.8, 4) is 5.75 Å². The first-order chi connectivity index (χ1) is 9.76. The third kappa shape index (κ3) is 2.69. The van der Waals surface area contributed by atoms with Crippen molar-refractivity contribution in [2.45, 2.75) is 20.1 Å². The molecule has 0 amide bonds. The van der Waals surface area contributed by atoms with Crippen molar-refractivity contribution in [3.63, 3.8) is 0 Å². The molecule has 3 aromatic rings. The third-order valence-corrected chi connectivity index (χ3v) is 4.40. The summed E-state index contributed by atoms with van der Waals surface area (Å²) in [5.41, 5.74) is 8.21. The first kappa shape index (κ1) is 13.2. The van der Waals surface area contributed by atoms with E-state index < -0.39 is 0 Å². The number of hydrogen-bond acceptors (Lipinski definition) is 3. The third-order valence-electron chi connectivity index (χ3n) is 3.32. The van der Waals surface area contributed by atoms with Crippen LogP contribution in [0.15, 0.2) is 48.5 Å². The van der Waals surface area contributed by atoms with E-state index in [-0.39, 0.29) is 0 Å². The molecule has 3 heteroatoms. The Kier molecular flexibility index (Phi) is 3.72. The van der Waals surface area contributed by atoms with Gasteiger partial charge >= 0.3 is 0 Å². The van der Waals surface area contributed by atoms with Gasteiger partial charge in [0.15, 0.2) is 0 Å². The van der Waals surface area contributed by atoms with Crippen LogP contribution in [0.5, 0.6) is 5.75 Å². The second-order valence-corrected chi connectivity index (χ2v) is 6.02. The van der Waals surface area contributed by atoms with Gasteiger partial charge in [0.1, 0.15) is 12.4 Å². The Hall–Kier alpha value is -1.84. The number of fused-ring (bicyclic) bond motifs is 1. The predicted molar refractivity (Wildman–Crippen MR) is 85.2 cm³/mol. The fourth-order valence-electron chi connectivity index (χ4n) is 2.21. The van der Waals surface area contributed by atoms with Crippen LogP contribution in [-0.2, 0) is 13.2 Å². The molecule has 0 bridgehead atoms. The van der Waals surface area contributed by atoms with Crippen molar-refractivity contribution in [1.82, 2.24) is 0 Å². The number of nitrogens with two attached hydrogens (primary N) is 1. The van der Waals surface area contributed by atoms with Crippen molar-refractivity contribution in [1.29, 1.82) is 0 Å². The van der Waals surface area contributed by atoms with Gasteiger partial charge in [0, 0.05) is 16.1 Å². The molecular weight excluding hydrogens is 266 g/mol. The molecule has 0 saturated carbocycles. The molecule has 2 aromatic carbocycles. The lowest BCUT2D eigenvalue weighted by Gasteiger charge is -2.04. The van der Waals surface area contributed by atoms with Crippen LogP contribution >= 0.6 is 11.3 Å². The molecule has 20 heavy (non-hydrogen) atoms. The van der Waals surface area contributed by atoms with Crippen LogP contribution in [0.25, 0.3) is 10.1 Å². The van der Waals surface area contributed by atoms with E-state index in [1.807, 2.05) is 12.1 Å². The summed E-state index contributed by atoms with van der Waals surface area (Å²) in [5.74, 6) is 0.909. The van der Waals surface area contributed by atoms with Crippen LogP contribution < -0.4 is 10.5 Å². The van der Waals surface area contributed by atoms with Crippen LogP contribution in [0.2, 0.25) is 0 Å². The second-order valence-electron chi connectivity index (χ2n) is 4.85. The molecule has 0 aliphatic heterocycles. The quantitative estimate of drug-likeness (QED) is 0.777. The monoisotopic (exact) mass is 283 g/mol. The molecule has 1 heterocycles. The van der Waals surface area contributed by atoms with Crippen LogP contribution in [0.3, 0.4) is 0 Å². The molecule has 0 radical (unpaired) electrons. The summed E-state index contributed by atoms with van der Waals surface area (Å²) in [6.07, 6.45) is 0. The Morgan fingerprint density at radius 2 is 1.90 bits per heavy atom. The van der Waals surface area contributed by atoms with Crippen LogP contribution in [0.1, 0.15) is 16.0 Å². The number of rotatable bonds is 4. The zero-order chi connectivity index (χ0) is 13.9. The molecule has 2 N–H and O–H groups in total. The SMILES string of the molecule is Cc1ccc(OCc2cc3c(CN)cccc3s2)cc1. The van der Waals surface area contributed by atoms with E-state index >= 15 is 0 Å². The van der Waals surface area contributed by atoms with Crippen LogP contribution in [0, 0.1) is 6.92 Å². The molecule has 0 spiro atoms. The summed E-state index contributed by atoms with van der Waals surface area (Å²) in [6.45, 7) is 3.25. The fraction of sp³-hybridized carbons (Fsp3) is 0.176. The van der Waals surface area contributed by atoms with Crippen LogP contribution in [0.4, 0.5) is 0 Å². The molecule has 0 saturated heterocycles. The van der Waals surface area contributed by atoms with Gasteiger partial charge in [0.2, 0.25) is 0 Å². The number of thiophene rings is 1. The average Bonchev–Trinajstić information content (AvgIpc) is 2.89. The maximum atomic E-state index is 5.83. The number of benzene rings is 2. The fourth-order valence-corrected chi connectivity index (χ4v) is 3.24. The van der Waals surface area contributed by atoms with E-state index in [0.717, 1.165) is 5.75 Å². The van der Waals surface area contributed by atoms with Crippen molar-refractivity contribution in [2.75, 3.05) is 0 Å². The number of hydrogen-bond donors (Lipinski definition) is 1. The Bertz CT molecular complexity index is 715. The van der Waals surface area contributed by atoms with Gasteiger partial charge in [-0.25, -0.2) is 0 Å². The van der Waals surface area contributed by atoms with Gasteiger partial charge in [0.25, 0.3) is 0 Å². The summed E-state index contributed by atoms with van der Waals surface area (Å²) in [5, 5.41) is 1.25. The topological polar surface area (TPSA) is 35.2 Å². The minimum Gasteiger partial charge on any atom is -0.488 e. The Labute approximate surface area is 122 Å². The minimum atomic E-state index is 0.576. The molecule has 2 nitrogen and oxygen atoms in total. The van der Waals surface area contributed by atoms with Crippen molar-refractivity contribution in [2.24, 2.45) is 5.73 Å². The van der Waals surface area contributed by atoms with Gasteiger partial charge in [-0.2, -0.15) is 0 Å². The minimum absolute atomic E-state index is 0.576. The van der Waals surface area contributed by atoms with Gasteiger partial charge in [-0.3, -0.25) is 0 Å². The maximum absolute atomic E-state index is 5.83. The lowest BCUT2D eigenvalue weighted by Crippen LogP contribution is -1.95. The lowest BCUT2D eigenvalue weighted by molar-refractivity contribution is 0.310. The zero-order valence-electron chi connectivity index (χ0n) is 11.4. The highest BCUT2D eigenvalue weighted by molar-refractivity contribution is 7.19. The average molecular weight is 283 g/mol. The highest BCUT2D eigenvalue weighted by Crippen LogP contribution is 2.29. The molecule has 1 aromatic heterocycles. The highest BCUT2D eigenvalue weighted by atomic mass is 32.1. The van der Waals surface area contributed by atoms with Crippen molar-refractivity contribution >= 4 is 21.4 Å². The van der Waals surface area contributed by atoms with E-state index in [9.17, 15) is 0 Å². The van der Waals surface area contributed by atoms with E-state index in [2.05, 4.69) is 43.3 Å². The summed E-state index contributed by atoms with van der Waals surface area (Å²) in [7, 11) is 0. The van der Waals surface area contributed by atoms with Crippen LogP contribution in [-0.4, -0.2) is 0 Å². The van der Waals surface area contributed by atoms with E-state index in [0.29, 0.717) is 13.2 Å². The Morgan fingerprint density at radius 3 is 2.65 bits per heavy atom. The smallest absolute Gasteiger partial charge is 0.122 e. The van der Waals surface area contributed by atoms with Gasteiger partial charge in [-0.15, -0.1) is 11.3 Å². The molecule has 0 unspecified atom stereocenters. The second kappa shape index (κ2) is 5.65. The van der Waals surface area contributed by atoms with E-state index in [1.165, 1.54) is 26.1 Å². The highest BCUT2D eigenvalue weighted by Gasteiger charge is 2.06. The molecule has 0 aliphatic rings. The van der Waals surface area contributed by atoms with Gasteiger partial charge in [0.05, 0.1) is 0 Å². The Morgan fingerprint density at radius 1 is 1.10 bits per heavy atom. The molecule has 0 aliphatic carbocycles. The molecular formula is C17H17NOS. The maximum Gasteiger partial charge on any atom is 0.122 e. The summed E-state index contributed by atoms with van der Waals surface area (Å²) < 4.78 is 7.10. The first-order valence-electron chi connectivity index (χ1n) is 6.66. The molecule has 3 rings (SSSR count). The van der Waals surface area contributed by atoms with Gasteiger partial charge < -0.3 is 10.5 Å². The molecule has 0 atom stereocenters. The largest absolute Gasteiger partial charge is 0.488 e. The van der Waals surface area contributed by atoms with E-state index in [1.54, 1.807) is 11.3 Å². The van der Waals surface area contributed by atoms with Crippen molar-refractivity contribution < 1.29 is 4.74 Å². The lowest BCUT2D eigenvalue weighted by atomic mass is 10.1. The van der Waals surface area contributed by atoms with Gasteiger partial charge in [-0.1, -0.05) is 29.8 Å². The summed E-state index contributed by atoms with van der Waals surface area (Å²) in [6, 6.07) is 16.6. The standard InChI is InChI=1S/C17H17NOS/c1-12-5-7-14(8-6-12)19-11-15-9-16-13(10-18)3-2-4-17(16)20-15/h2-9H,10-11,18H2,1H3. The summed E-state index contributed by atoms with van der Waals surface area (Å²) in [4.78, 5) is 1.22. The number of ether oxygens (including phenoxy) is 1. The predicted octanol–water partition coefficient (Wildman–Crippen LogP) is 4.25. The molecule has 0 fully saturated rings. The zero-order valence-corrected chi connectivity index (χ0v) is 12.2. The normalized spacial score (nSPS) is 10.9. The van der Waals surface area contributed by atoms with E-state index in [4.69, 9.17) is 10.5 Å². The number of aryl methyl sites for hydroxylation is 1. The molecule has 102 valence electrons. The summed E-state index contributed by atoms with van der Waals surface area (Å²) >= 11 is 1.77. The first-order valence-corrected chi connectivity index (χ1v) is 7.48. The van der Waals surface area contributed by atoms with Gasteiger partial charge in [-0.05, 0) is 42.1 Å². The van der Waals surface area contributed by atoms with Crippen molar-refractivity contribution in [3.05, 3.63) is 64.5 Å².